The van der Waals surface area contributed by atoms with Gasteiger partial charge in [0.25, 0.3) is 0 Å². The predicted octanol–water partition coefficient (Wildman–Crippen LogP) is 3.71. The van der Waals surface area contributed by atoms with E-state index in [9.17, 15) is 9.50 Å². The van der Waals surface area contributed by atoms with Crippen molar-refractivity contribution in [1.29, 1.82) is 0 Å². The third-order valence-electron chi connectivity index (χ3n) is 2.77. The summed E-state index contributed by atoms with van der Waals surface area (Å²) < 4.78 is 13.1. The summed E-state index contributed by atoms with van der Waals surface area (Å²) in [6.45, 7) is 2.59. The number of anilines is 1. The standard InChI is InChI=1S/C15H16FNO/c1-2-11-4-3-5-14(7-11)17-10-12-6-13(16)9-15(18)8-12/h3-9,17-18H,2,10H2,1H3. The zero-order valence-corrected chi connectivity index (χ0v) is 10.3. The Morgan fingerprint density at radius 1 is 1.11 bits per heavy atom. The molecule has 94 valence electrons. The molecule has 2 rings (SSSR count). The van der Waals surface area contributed by atoms with Crippen molar-refractivity contribution in [3.63, 3.8) is 0 Å². The van der Waals surface area contributed by atoms with E-state index >= 15 is 0 Å². The lowest BCUT2D eigenvalue weighted by Gasteiger charge is -2.08. The Balaban J connectivity index is 2.06. The van der Waals surface area contributed by atoms with Crippen LogP contribution in [0.25, 0.3) is 0 Å². The van der Waals surface area contributed by atoms with Gasteiger partial charge in [-0.1, -0.05) is 19.1 Å². The number of halogens is 1. The fourth-order valence-electron chi connectivity index (χ4n) is 1.84. The molecular weight excluding hydrogens is 229 g/mol. The maximum Gasteiger partial charge on any atom is 0.127 e. The third kappa shape index (κ3) is 3.23. The van der Waals surface area contributed by atoms with Crippen molar-refractivity contribution in [2.45, 2.75) is 19.9 Å². The Morgan fingerprint density at radius 3 is 2.67 bits per heavy atom. The second-order valence-electron chi connectivity index (χ2n) is 4.23. The molecule has 0 aliphatic rings. The van der Waals surface area contributed by atoms with E-state index < -0.39 is 5.82 Å². The van der Waals surface area contributed by atoms with Crippen molar-refractivity contribution >= 4 is 5.69 Å². The topological polar surface area (TPSA) is 32.3 Å². The van der Waals surface area contributed by atoms with Crippen molar-refractivity contribution in [3.8, 4) is 5.75 Å². The summed E-state index contributed by atoms with van der Waals surface area (Å²) in [5.74, 6) is -0.469. The summed E-state index contributed by atoms with van der Waals surface area (Å²) in [5, 5.41) is 12.5. The van der Waals surface area contributed by atoms with Crippen LogP contribution in [0.2, 0.25) is 0 Å². The molecule has 0 heterocycles. The van der Waals surface area contributed by atoms with Crippen LogP contribution in [-0.2, 0) is 13.0 Å². The summed E-state index contributed by atoms with van der Waals surface area (Å²) >= 11 is 0. The largest absolute Gasteiger partial charge is 0.508 e. The number of hydrogen-bond donors (Lipinski definition) is 2. The highest BCUT2D eigenvalue weighted by Crippen LogP contribution is 2.17. The van der Waals surface area contributed by atoms with Crippen molar-refractivity contribution in [3.05, 3.63) is 59.4 Å². The van der Waals surface area contributed by atoms with E-state index in [4.69, 9.17) is 0 Å². The molecule has 0 fully saturated rings. The van der Waals surface area contributed by atoms with Gasteiger partial charge in [-0.25, -0.2) is 4.39 Å². The monoisotopic (exact) mass is 245 g/mol. The predicted molar refractivity (Wildman–Crippen MR) is 71.2 cm³/mol. The van der Waals surface area contributed by atoms with Gasteiger partial charge in [0.1, 0.15) is 11.6 Å². The van der Waals surface area contributed by atoms with Crippen molar-refractivity contribution in [2.24, 2.45) is 0 Å². The van der Waals surface area contributed by atoms with Crippen LogP contribution >= 0.6 is 0 Å². The van der Waals surface area contributed by atoms with Crippen LogP contribution < -0.4 is 5.32 Å². The lowest BCUT2D eigenvalue weighted by molar-refractivity contribution is 0.468. The van der Waals surface area contributed by atoms with E-state index in [0.717, 1.165) is 23.7 Å². The summed E-state index contributed by atoms with van der Waals surface area (Å²) in [6.07, 6.45) is 0.982. The highest BCUT2D eigenvalue weighted by atomic mass is 19.1. The Morgan fingerprint density at radius 2 is 1.94 bits per heavy atom. The molecule has 0 bridgehead atoms. The highest BCUT2D eigenvalue weighted by molar-refractivity contribution is 5.46. The van der Waals surface area contributed by atoms with Gasteiger partial charge in [0, 0.05) is 18.3 Å². The van der Waals surface area contributed by atoms with Gasteiger partial charge in [0.15, 0.2) is 0 Å². The molecule has 0 atom stereocenters. The van der Waals surface area contributed by atoms with Gasteiger partial charge in [-0.3, -0.25) is 0 Å². The first kappa shape index (κ1) is 12.4. The minimum Gasteiger partial charge on any atom is -0.508 e. The number of hydrogen-bond acceptors (Lipinski definition) is 2. The Bertz CT molecular complexity index is 520. The van der Waals surface area contributed by atoms with Gasteiger partial charge in [0.05, 0.1) is 0 Å². The molecular formula is C15H16FNO. The van der Waals surface area contributed by atoms with Crippen LogP contribution in [0.4, 0.5) is 10.1 Å². The molecule has 0 unspecified atom stereocenters. The van der Waals surface area contributed by atoms with E-state index in [1.807, 2.05) is 12.1 Å². The van der Waals surface area contributed by atoms with E-state index in [0.29, 0.717) is 6.54 Å². The second-order valence-corrected chi connectivity index (χ2v) is 4.23. The van der Waals surface area contributed by atoms with Crippen molar-refractivity contribution in [1.82, 2.24) is 0 Å². The van der Waals surface area contributed by atoms with Crippen molar-refractivity contribution < 1.29 is 9.50 Å². The van der Waals surface area contributed by atoms with Gasteiger partial charge in [-0.05, 0) is 41.8 Å². The molecule has 3 heteroatoms. The first-order valence-electron chi connectivity index (χ1n) is 5.98. The second kappa shape index (κ2) is 5.54. The molecule has 0 saturated carbocycles. The van der Waals surface area contributed by atoms with Crippen LogP contribution in [0.5, 0.6) is 5.75 Å². The van der Waals surface area contributed by atoms with Gasteiger partial charge < -0.3 is 10.4 Å². The minimum absolute atomic E-state index is 0.0471. The quantitative estimate of drug-likeness (QED) is 0.860. The van der Waals surface area contributed by atoms with Crippen LogP contribution in [0, 0.1) is 5.82 Å². The van der Waals surface area contributed by atoms with Crippen molar-refractivity contribution in [2.75, 3.05) is 5.32 Å². The fraction of sp³-hybridized carbons (Fsp3) is 0.200. The minimum atomic E-state index is -0.422. The lowest BCUT2D eigenvalue weighted by Crippen LogP contribution is -2.00. The van der Waals surface area contributed by atoms with E-state index in [2.05, 4.69) is 24.4 Å². The Kier molecular flexibility index (Phi) is 3.82. The number of rotatable bonds is 4. The number of aryl methyl sites for hydroxylation is 1. The summed E-state index contributed by atoms with van der Waals surface area (Å²) in [6, 6.07) is 12.2. The SMILES string of the molecule is CCc1cccc(NCc2cc(O)cc(F)c2)c1. The van der Waals surface area contributed by atoms with E-state index in [-0.39, 0.29) is 5.75 Å². The van der Waals surface area contributed by atoms with Gasteiger partial charge in [-0.15, -0.1) is 0 Å². The molecule has 18 heavy (non-hydrogen) atoms. The lowest BCUT2D eigenvalue weighted by atomic mass is 10.1. The molecule has 2 N–H and O–H groups in total. The summed E-state index contributed by atoms with van der Waals surface area (Å²) in [5.41, 5.74) is 2.97. The molecule has 2 aromatic rings. The molecule has 0 saturated heterocycles. The van der Waals surface area contributed by atoms with Gasteiger partial charge >= 0.3 is 0 Å². The number of benzene rings is 2. The maximum absolute atomic E-state index is 13.1. The molecule has 2 nitrogen and oxygen atoms in total. The van der Waals surface area contributed by atoms with Crippen LogP contribution in [-0.4, -0.2) is 5.11 Å². The maximum atomic E-state index is 13.1. The van der Waals surface area contributed by atoms with E-state index in [1.54, 1.807) is 6.07 Å². The average molecular weight is 245 g/mol. The molecule has 0 aliphatic heterocycles. The summed E-state index contributed by atoms with van der Waals surface area (Å²) in [4.78, 5) is 0. The molecule has 0 spiro atoms. The average Bonchev–Trinajstić information content (AvgIpc) is 2.35. The fourth-order valence-corrected chi connectivity index (χ4v) is 1.84. The van der Waals surface area contributed by atoms with Crippen LogP contribution in [0.3, 0.4) is 0 Å². The number of phenols is 1. The number of nitrogens with one attached hydrogen (secondary N) is 1. The van der Waals surface area contributed by atoms with Crippen LogP contribution in [0.1, 0.15) is 18.1 Å². The van der Waals surface area contributed by atoms with Gasteiger partial charge in [-0.2, -0.15) is 0 Å². The third-order valence-corrected chi connectivity index (χ3v) is 2.77. The molecule has 2 aromatic carbocycles. The Hall–Kier alpha value is -2.03. The zero-order valence-electron chi connectivity index (χ0n) is 10.3. The first-order valence-corrected chi connectivity index (χ1v) is 5.98. The molecule has 0 amide bonds. The smallest absolute Gasteiger partial charge is 0.127 e. The van der Waals surface area contributed by atoms with Crippen LogP contribution in [0.15, 0.2) is 42.5 Å². The number of aromatic hydroxyl groups is 1. The molecule has 0 aromatic heterocycles. The summed E-state index contributed by atoms with van der Waals surface area (Å²) in [7, 11) is 0. The molecule has 0 aliphatic carbocycles. The first-order chi connectivity index (χ1) is 8.67. The number of phenolic OH excluding ortho intramolecular Hbond substituents is 1. The highest BCUT2D eigenvalue weighted by Gasteiger charge is 2.00. The molecule has 0 radical (unpaired) electrons. The van der Waals surface area contributed by atoms with E-state index in [1.165, 1.54) is 11.6 Å². The van der Waals surface area contributed by atoms with Gasteiger partial charge in [0.2, 0.25) is 0 Å². The zero-order chi connectivity index (χ0) is 13.0. The Labute approximate surface area is 106 Å². The normalized spacial score (nSPS) is 10.3.